The van der Waals surface area contributed by atoms with E-state index in [9.17, 15) is 20.0 Å². The number of nitrogens with one attached hydrogen (secondary N) is 1. The molecule has 1 amide bonds. The Labute approximate surface area is 157 Å². The highest BCUT2D eigenvalue weighted by Crippen LogP contribution is 2.41. The number of carboxylic acids is 1. The van der Waals surface area contributed by atoms with E-state index in [2.05, 4.69) is 18.3 Å². The third-order valence-corrected chi connectivity index (χ3v) is 6.67. The lowest BCUT2D eigenvalue weighted by Gasteiger charge is -2.23. The molecule has 0 radical (unpaired) electrons. The second kappa shape index (κ2) is 8.05. The largest absolute Gasteiger partial charge is 0.481 e. The standard InChI is InChI=1S/C20H24N2O3S/c1-2-5-12-8-9-13-16(11-21)19(26-17(13)10-12)22-18(23)14-6-3-4-7-15(14)20(24)25/h3-4,12,14-15H,2,5-10H2,1H3,(H,22,23)(H,24,25)/t12-,14+,15+/m1/s1. The predicted octanol–water partition coefficient (Wildman–Crippen LogP) is 4.13. The summed E-state index contributed by atoms with van der Waals surface area (Å²) in [4.78, 5) is 25.4. The maximum Gasteiger partial charge on any atom is 0.307 e. The highest BCUT2D eigenvalue weighted by atomic mass is 32.1. The molecule has 1 heterocycles. The predicted molar refractivity (Wildman–Crippen MR) is 101 cm³/mol. The molecular weight excluding hydrogens is 348 g/mol. The van der Waals surface area contributed by atoms with Crippen molar-refractivity contribution in [2.75, 3.05) is 5.32 Å². The minimum absolute atomic E-state index is 0.290. The molecule has 0 fully saturated rings. The highest BCUT2D eigenvalue weighted by molar-refractivity contribution is 7.16. The maximum absolute atomic E-state index is 12.7. The molecule has 26 heavy (non-hydrogen) atoms. The molecule has 1 aromatic heterocycles. The van der Waals surface area contributed by atoms with Crippen LogP contribution in [0.1, 0.15) is 55.0 Å². The highest BCUT2D eigenvalue weighted by Gasteiger charge is 2.35. The lowest BCUT2D eigenvalue weighted by molar-refractivity contribution is -0.146. The first-order valence-corrected chi connectivity index (χ1v) is 10.1. The Kier molecular flexibility index (Phi) is 5.77. The lowest BCUT2D eigenvalue weighted by atomic mass is 9.82. The molecule has 0 bridgehead atoms. The fourth-order valence-electron chi connectivity index (χ4n) is 4.10. The van der Waals surface area contributed by atoms with Crippen molar-refractivity contribution in [3.05, 3.63) is 28.2 Å². The summed E-state index contributed by atoms with van der Waals surface area (Å²) < 4.78 is 0. The Morgan fingerprint density at radius 1 is 1.35 bits per heavy atom. The van der Waals surface area contributed by atoms with Crippen LogP contribution in [0.3, 0.4) is 0 Å². The molecule has 2 aliphatic carbocycles. The topological polar surface area (TPSA) is 90.2 Å². The zero-order valence-electron chi connectivity index (χ0n) is 15.0. The number of thiophene rings is 1. The van der Waals surface area contributed by atoms with Gasteiger partial charge in [0.1, 0.15) is 11.1 Å². The molecule has 0 unspecified atom stereocenters. The SMILES string of the molecule is CCC[C@@H]1CCc2c(sc(NC(=O)[C@H]3CC=CC[C@@H]3C(=O)O)c2C#N)C1. The smallest absolute Gasteiger partial charge is 0.307 e. The van der Waals surface area contributed by atoms with Crippen LogP contribution in [0.25, 0.3) is 0 Å². The molecule has 0 aromatic carbocycles. The molecule has 138 valence electrons. The van der Waals surface area contributed by atoms with E-state index in [0.717, 1.165) is 31.2 Å². The maximum atomic E-state index is 12.7. The average molecular weight is 372 g/mol. The summed E-state index contributed by atoms with van der Waals surface area (Å²) in [7, 11) is 0. The molecule has 5 nitrogen and oxygen atoms in total. The first kappa shape index (κ1) is 18.7. The van der Waals surface area contributed by atoms with E-state index >= 15 is 0 Å². The Hall–Kier alpha value is -2.13. The van der Waals surface area contributed by atoms with Crippen LogP contribution in [0.5, 0.6) is 0 Å². The summed E-state index contributed by atoms with van der Waals surface area (Å²) in [5.74, 6) is -1.86. The van der Waals surface area contributed by atoms with Crippen molar-refractivity contribution >= 4 is 28.2 Å². The molecule has 6 heteroatoms. The van der Waals surface area contributed by atoms with E-state index in [-0.39, 0.29) is 5.91 Å². The quantitative estimate of drug-likeness (QED) is 0.760. The van der Waals surface area contributed by atoms with Crippen molar-refractivity contribution in [3.63, 3.8) is 0 Å². The van der Waals surface area contributed by atoms with Gasteiger partial charge in [-0.3, -0.25) is 9.59 Å². The second-order valence-electron chi connectivity index (χ2n) is 7.20. The summed E-state index contributed by atoms with van der Waals surface area (Å²) >= 11 is 1.50. The van der Waals surface area contributed by atoms with Crippen LogP contribution in [0.15, 0.2) is 12.2 Å². The first-order valence-electron chi connectivity index (χ1n) is 9.28. The molecule has 2 N–H and O–H groups in total. The number of carbonyl (C=O) groups excluding carboxylic acids is 1. The molecule has 3 atom stereocenters. The van der Waals surface area contributed by atoms with Crippen LogP contribution in [0.4, 0.5) is 5.00 Å². The normalized spacial score (nSPS) is 24.5. The molecule has 0 aliphatic heterocycles. The van der Waals surface area contributed by atoms with Crippen LogP contribution in [0.2, 0.25) is 0 Å². The van der Waals surface area contributed by atoms with Crippen molar-refractivity contribution in [1.82, 2.24) is 0 Å². The van der Waals surface area contributed by atoms with E-state index in [1.165, 1.54) is 22.6 Å². The second-order valence-corrected chi connectivity index (χ2v) is 8.31. The van der Waals surface area contributed by atoms with E-state index in [4.69, 9.17) is 0 Å². The molecule has 0 saturated carbocycles. The number of allylic oxidation sites excluding steroid dienone is 2. The van der Waals surface area contributed by atoms with Gasteiger partial charge in [0.25, 0.3) is 0 Å². The van der Waals surface area contributed by atoms with Crippen molar-refractivity contribution in [2.24, 2.45) is 17.8 Å². The fraction of sp³-hybridized carbons (Fsp3) is 0.550. The molecule has 0 spiro atoms. The van der Waals surface area contributed by atoms with E-state index in [0.29, 0.717) is 29.3 Å². The minimum Gasteiger partial charge on any atom is -0.481 e. The van der Waals surface area contributed by atoms with Gasteiger partial charge in [0.05, 0.1) is 17.4 Å². The van der Waals surface area contributed by atoms with Crippen molar-refractivity contribution in [1.29, 1.82) is 5.26 Å². The number of amides is 1. The van der Waals surface area contributed by atoms with Gasteiger partial charge in [-0.05, 0) is 43.6 Å². The van der Waals surface area contributed by atoms with E-state index < -0.39 is 17.8 Å². The summed E-state index contributed by atoms with van der Waals surface area (Å²) in [5.41, 5.74) is 1.66. The Bertz CT molecular complexity index is 775. The van der Waals surface area contributed by atoms with Crippen molar-refractivity contribution < 1.29 is 14.7 Å². The number of fused-ring (bicyclic) bond motifs is 1. The Morgan fingerprint density at radius 2 is 2.08 bits per heavy atom. The zero-order valence-corrected chi connectivity index (χ0v) is 15.8. The van der Waals surface area contributed by atoms with Crippen molar-refractivity contribution in [3.8, 4) is 6.07 Å². The van der Waals surface area contributed by atoms with Crippen LogP contribution in [-0.2, 0) is 22.4 Å². The number of carboxylic acid groups (broad SMARTS) is 1. The van der Waals surface area contributed by atoms with Gasteiger partial charge in [-0.25, -0.2) is 0 Å². The first-order chi connectivity index (χ1) is 12.5. The number of hydrogen-bond acceptors (Lipinski definition) is 4. The van der Waals surface area contributed by atoms with Crippen molar-refractivity contribution in [2.45, 2.75) is 51.9 Å². The zero-order chi connectivity index (χ0) is 18.7. The summed E-state index contributed by atoms with van der Waals surface area (Å²) in [6.07, 6.45) is 9.79. The van der Waals surface area contributed by atoms with Crippen LogP contribution in [0, 0.1) is 29.1 Å². The number of nitriles is 1. The monoisotopic (exact) mass is 372 g/mol. The summed E-state index contributed by atoms with van der Waals surface area (Å²) in [6.45, 7) is 2.19. The third-order valence-electron chi connectivity index (χ3n) is 5.50. The number of rotatable bonds is 5. The van der Waals surface area contributed by atoms with Gasteiger partial charge >= 0.3 is 5.97 Å². The van der Waals surface area contributed by atoms with Gasteiger partial charge in [0.2, 0.25) is 5.91 Å². The number of hydrogen-bond donors (Lipinski definition) is 2. The summed E-state index contributed by atoms with van der Waals surface area (Å²) in [5, 5.41) is 22.4. The van der Waals surface area contributed by atoms with Crippen LogP contribution >= 0.6 is 11.3 Å². The number of aliphatic carboxylic acids is 1. The third kappa shape index (κ3) is 3.68. The molecular formula is C20H24N2O3S. The number of anilines is 1. The van der Waals surface area contributed by atoms with Gasteiger partial charge in [0.15, 0.2) is 0 Å². The van der Waals surface area contributed by atoms with E-state index in [1.54, 1.807) is 0 Å². The van der Waals surface area contributed by atoms with Gasteiger partial charge in [-0.15, -0.1) is 11.3 Å². The Balaban J connectivity index is 1.80. The van der Waals surface area contributed by atoms with E-state index in [1.807, 2.05) is 12.2 Å². The fourth-order valence-corrected chi connectivity index (χ4v) is 5.41. The molecule has 1 aromatic rings. The molecule has 3 rings (SSSR count). The number of carbonyl (C=O) groups is 2. The average Bonchev–Trinajstić information content (AvgIpc) is 2.98. The number of nitrogens with zero attached hydrogens (tertiary/aromatic N) is 1. The van der Waals surface area contributed by atoms with Gasteiger partial charge in [-0.2, -0.15) is 5.26 Å². The van der Waals surface area contributed by atoms with Gasteiger partial charge in [-0.1, -0.05) is 31.9 Å². The van der Waals surface area contributed by atoms with Crippen LogP contribution in [-0.4, -0.2) is 17.0 Å². The minimum atomic E-state index is -0.942. The molecule has 0 saturated heterocycles. The van der Waals surface area contributed by atoms with Gasteiger partial charge in [0, 0.05) is 4.88 Å². The Morgan fingerprint density at radius 3 is 2.73 bits per heavy atom. The van der Waals surface area contributed by atoms with Gasteiger partial charge < -0.3 is 10.4 Å². The van der Waals surface area contributed by atoms with Crippen LogP contribution < -0.4 is 5.32 Å². The molecule has 2 aliphatic rings. The lowest BCUT2D eigenvalue weighted by Crippen LogP contribution is -2.34. The summed E-state index contributed by atoms with van der Waals surface area (Å²) in [6, 6.07) is 2.26.